The van der Waals surface area contributed by atoms with Gasteiger partial charge in [0.2, 0.25) is 0 Å². The Bertz CT molecular complexity index is 3390. The highest BCUT2D eigenvalue weighted by molar-refractivity contribution is 6.38. The second-order valence-corrected chi connectivity index (χ2v) is 13.8. The molecule has 240 valence electrons. The Labute approximate surface area is 297 Å². The normalized spacial score (nSPS) is 12.2. The average Bonchev–Trinajstić information content (AvgIpc) is 3.85. The summed E-state index contributed by atoms with van der Waals surface area (Å²) in [4.78, 5) is 0. The summed E-state index contributed by atoms with van der Waals surface area (Å²) in [6.07, 6.45) is 0. The summed E-state index contributed by atoms with van der Waals surface area (Å²) >= 11 is 0. The van der Waals surface area contributed by atoms with Gasteiger partial charge in [-0.3, -0.25) is 4.57 Å². The standard InChI is InChI=1S/C48H28N4/c1-2-12-29(13-3-1)30-22-24-32(25-23-30)46-35-17-6-7-18-36(35)48(50-49-46)52-41-27-26-31-14-4-5-15-33(31)43(41)45-42(52)28-38-34-16-8-10-20-39(34)51-40-21-11-9-19-37(40)44(45)47(38)51/h1-28H. The minimum Gasteiger partial charge on any atom is -0.308 e. The lowest BCUT2D eigenvalue weighted by Crippen LogP contribution is -2.02. The summed E-state index contributed by atoms with van der Waals surface area (Å²) in [7, 11) is 0. The Hall–Kier alpha value is -7.04. The molecule has 4 heterocycles. The van der Waals surface area contributed by atoms with Gasteiger partial charge in [0.1, 0.15) is 5.69 Å². The van der Waals surface area contributed by atoms with E-state index in [1.54, 1.807) is 0 Å². The number of fused-ring (bicyclic) bond motifs is 13. The van der Waals surface area contributed by atoms with Gasteiger partial charge in [-0.1, -0.05) is 146 Å². The predicted octanol–water partition coefficient (Wildman–Crippen LogP) is 12.4. The first-order valence-electron chi connectivity index (χ1n) is 17.8. The van der Waals surface area contributed by atoms with E-state index in [4.69, 9.17) is 10.2 Å². The van der Waals surface area contributed by atoms with E-state index >= 15 is 0 Å². The van der Waals surface area contributed by atoms with Gasteiger partial charge < -0.3 is 4.40 Å². The fraction of sp³-hybridized carbons (Fsp3) is 0. The van der Waals surface area contributed by atoms with Crippen LogP contribution in [0.1, 0.15) is 0 Å². The Kier molecular flexibility index (Phi) is 5.47. The molecule has 8 aromatic carbocycles. The molecule has 4 heteroatoms. The van der Waals surface area contributed by atoms with Gasteiger partial charge in [-0.2, -0.15) is 0 Å². The molecule has 0 amide bonds. The van der Waals surface area contributed by atoms with Crippen LogP contribution < -0.4 is 0 Å². The van der Waals surface area contributed by atoms with Crippen LogP contribution in [0.25, 0.3) is 110 Å². The number of nitrogens with zero attached hydrogens (tertiary/aromatic N) is 4. The van der Waals surface area contributed by atoms with Crippen LogP contribution in [-0.4, -0.2) is 19.2 Å². The molecule has 0 bridgehead atoms. The molecule has 4 nitrogen and oxygen atoms in total. The summed E-state index contributed by atoms with van der Waals surface area (Å²) in [6.45, 7) is 0. The molecule has 0 atom stereocenters. The van der Waals surface area contributed by atoms with Crippen molar-refractivity contribution in [2.24, 2.45) is 0 Å². The maximum absolute atomic E-state index is 5.14. The first kappa shape index (κ1) is 27.7. The van der Waals surface area contributed by atoms with Crippen molar-refractivity contribution in [2.45, 2.75) is 0 Å². The second-order valence-electron chi connectivity index (χ2n) is 13.8. The Morgan fingerprint density at radius 3 is 1.77 bits per heavy atom. The van der Waals surface area contributed by atoms with Crippen LogP contribution in [0.3, 0.4) is 0 Å². The topological polar surface area (TPSA) is 35.1 Å². The van der Waals surface area contributed by atoms with E-state index in [2.05, 4.69) is 179 Å². The van der Waals surface area contributed by atoms with Crippen LogP contribution >= 0.6 is 0 Å². The zero-order valence-electron chi connectivity index (χ0n) is 28.0. The van der Waals surface area contributed by atoms with Crippen LogP contribution in [0.15, 0.2) is 170 Å². The first-order chi connectivity index (χ1) is 25.8. The molecular weight excluding hydrogens is 633 g/mol. The molecule has 0 spiro atoms. The molecule has 0 aliphatic heterocycles. The largest absolute Gasteiger partial charge is 0.308 e. The van der Waals surface area contributed by atoms with E-state index in [0.29, 0.717) is 0 Å². The minimum absolute atomic E-state index is 0.831. The van der Waals surface area contributed by atoms with E-state index in [1.807, 2.05) is 0 Å². The van der Waals surface area contributed by atoms with Gasteiger partial charge in [-0.15, -0.1) is 10.2 Å². The van der Waals surface area contributed by atoms with Gasteiger partial charge in [0.05, 0.1) is 27.6 Å². The van der Waals surface area contributed by atoms with Crippen LogP contribution in [0.2, 0.25) is 0 Å². The van der Waals surface area contributed by atoms with Crippen molar-refractivity contribution < 1.29 is 0 Å². The number of hydrogen-bond donors (Lipinski definition) is 0. The summed E-state index contributed by atoms with van der Waals surface area (Å²) in [5.41, 5.74) is 10.3. The fourth-order valence-electron chi connectivity index (χ4n) is 8.92. The number of para-hydroxylation sites is 2. The van der Waals surface area contributed by atoms with Gasteiger partial charge in [0.15, 0.2) is 5.82 Å². The molecule has 0 N–H and O–H groups in total. The molecule has 0 radical (unpaired) electrons. The van der Waals surface area contributed by atoms with E-state index in [9.17, 15) is 0 Å². The van der Waals surface area contributed by atoms with Crippen molar-refractivity contribution in [3.05, 3.63) is 170 Å². The summed E-state index contributed by atoms with van der Waals surface area (Å²) in [6, 6.07) is 61.1. The van der Waals surface area contributed by atoms with Gasteiger partial charge in [-0.25, -0.2) is 0 Å². The van der Waals surface area contributed by atoms with E-state index < -0.39 is 0 Å². The molecular formula is C48H28N4. The lowest BCUT2D eigenvalue weighted by molar-refractivity contribution is 0.977. The van der Waals surface area contributed by atoms with Gasteiger partial charge in [0.25, 0.3) is 0 Å². The Morgan fingerprint density at radius 1 is 0.346 bits per heavy atom. The molecule has 52 heavy (non-hydrogen) atoms. The Balaban J connectivity index is 1.22. The molecule has 12 aromatic rings. The second kappa shape index (κ2) is 10.3. The molecule has 0 unspecified atom stereocenters. The van der Waals surface area contributed by atoms with Crippen LogP contribution in [0.4, 0.5) is 0 Å². The maximum Gasteiger partial charge on any atom is 0.168 e. The molecule has 0 fully saturated rings. The summed E-state index contributed by atoms with van der Waals surface area (Å²) < 4.78 is 4.84. The van der Waals surface area contributed by atoms with E-state index in [1.165, 1.54) is 70.8 Å². The van der Waals surface area contributed by atoms with E-state index in [-0.39, 0.29) is 0 Å². The highest BCUT2D eigenvalue weighted by Crippen LogP contribution is 2.48. The summed E-state index contributed by atoms with van der Waals surface area (Å²) in [5.74, 6) is 0.831. The van der Waals surface area contributed by atoms with Gasteiger partial charge >= 0.3 is 0 Å². The SMILES string of the molecule is c1ccc(-c2ccc(-c3nnc(-n4c5ccc6ccccc6c5c5c6c7ccccc7n7c8ccccc8c(cc54)c67)c4ccccc34)cc2)cc1. The van der Waals surface area contributed by atoms with Gasteiger partial charge in [-0.05, 0) is 46.2 Å². The molecule has 0 aliphatic carbocycles. The minimum atomic E-state index is 0.831. The third-order valence-electron chi connectivity index (χ3n) is 11.1. The zero-order valence-corrected chi connectivity index (χ0v) is 28.0. The zero-order chi connectivity index (χ0) is 33.9. The number of aromatic nitrogens is 4. The summed E-state index contributed by atoms with van der Waals surface area (Å²) in [5, 5.41) is 22.3. The predicted molar refractivity (Wildman–Crippen MR) is 217 cm³/mol. The third-order valence-corrected chi connectivity index (χ3v) is 11.1. The highest BCUT2D eigenvalue weighted by atomic mass is 15.2. The lowest BCUT2D eigenvalue weighted by Gasteiger charge is -2.13. The van der Waals surface area contributed by atoms with E-state index in [0.717, 1.165) is 38.9 Å². The van der Waals surface area contributed by atoms with Crippen molar-refractivity contribution >= 4 is 81.4 Å². The Morgan fingerprint density at radius 2 is 0.962 bits per heavy atom. The van der Waals surface area contributed by atoms with Crippen LogP contribution in [0.5, 0.6) is 0 Å². The maximum atomic E-state index is 5.14. The van der Waals surface area contributed by atoms with Crippen molar-refractivity contribution in [3.63, 3.8) is 0 Å². The first-order valence-corrected chi connectivity index (χ1v) is 17.8. The van der Waals surface area contributed by atoms with Crippen molar-refractivity contribution in [1.29, 1.82) is 0 Å². The quantitative estimate of drug-likeness (QED) is 0.189. The van der Waals surface area contributed by atoms with Crippen molar-refractivity contribution in [2.75, 3.05) is 0 Å². The molecule has 0 saturated heterocycles. The number of benzene rings is 8. The van der Waals surface area contributed by atoms with Crippen LogP contribution in [0, 0.1) is 0 Å². The molecule has 0 aliphatic rings. The lowest BCUT2D eigenvalue weighted by atomic mass is 9.99. The molecule has 12 rings (SSSR count). The fourth-order valence-corrected chi connectivity index (χ4v) is 8.92. The average molecular weight is 661 g/mol. The molecule has 0 saturated carbocycles. The van der Waals surface area contributed by atoms with Crippen LogP contribution in [-0.2, 0) is 0 Å². The third kappa shape index (κ3) is 3.60. The van der Waals surface area contributed by atoms with Crippen molar-refractivity contribution in [3.8, 4) is 28.2 Å². The smallest absolute Gasteiger partial charge is 0.168 e. The number of rotatable bonds is 3. The highest BCUT2D eigenvalue weighted by Gasteiger charge is 2.26. The van der Waals surface area contributed by atoms with Crippen molar-refractivity contribution in [1.82, 2.24) is 19.2 Å². The molecule has 4 aromatic heterocycles. The number of hydrogen-bond acceptors (Lipinski definition) is 2. The monoisotopic (exact) mass is 660 g/mol. The van der Waals surface area contributed by atoms with Gasteiger partial charge in [0, 0.05) is 48.7 Å².